The van der Waals surface area contributed by atoms with E-state index in [0.29, 0.717) is 11.5 Å². The molecule has 4 N–H and O–H groups in total. The van der Waals surface area contributed by atoms with Gasteiger partial charge in [0.2, 0.25) is 5.95 Å². The molecule has 0 aliphatic heterocycles. The van der Waals surface area contributed by atoms with Crippen LogP contribution in [-0.2, 0) is 0 Å². The summed E-state index contributed by atoms with van der Waals surface area (Å²) in [4.78, 5) is 16.6. The van der Waals surface area contributed by atoms with Crippen molar-refractivity contribution in [2.24, 2.45) is 5.73 Å². The normalized spacial score (nSPS) is 19.9. The maximum absolute atomic E-state index is 14.1. The molecule has 0 saturated heterocycles. The Hall–Kier alpha value is -3.06. The number of para-hydroxylation sites is 1. The Bertz CT molecular complexity index is 1150. The third kappa shape index (κ3) is 2.88. The van der Waals surface area contributed by atoms with E-state index in [9.17, 15) is 4.39 Å². The van der Waals surface area contributed by atoms with Gasteiger partial charge in [0.25, 0.3) is 0 Å². The maximum Gasteiger partial charge on any atom is 0.223 e. The number of anilines is 1. The predicted molar refractivity (Wildman–Crippen MR) is 108 cm³/mol. The number of aromatic nitrogens is 4. The highest BCUT2D eigenvalue weighted by atomic mass is 19.1. The lowest BCUT2D eigenvalue weighted by atomic mass is 9.91. The first kappa shape index (κ1) is 17.1. The Kier molecular flexibility index (Phi) is 4.16. The molecule has 0 spiro atoms. The molecule has 142 valence electrons. The molecule has 28 heavy (non-hydrogen) atoms. The van der Waals surface area contributed by atoms with E-state index in [0.717, 1.165) is 46.7 Å². The lowest BCUT2D eigenvalue weighted by molar-refractivity contribution is 0.402. The summed E-state index contributed by atoms with van der Waals surface area (Å²) in [5, 5.41) is 5.04. The quantitative estimate of drug-likeness (QED) is 0.503. The van der Waals surface area contributed by atoms with Gasteiger partial charge in [0.15, 0.2) is 0 Å². The maximum atomic E-state index is 14.1. The summed E-state index contributed by atoms with van der Waals surface area (Å²) in [6, 6.07) is 5.34. The fourth-order valence-electron chi connectivity index (χ4n) is 4.07. The van der Waals surface area contributed by atoms with Gasteiger partial charge in [-0.05, 0) is 18.9 Å². The smallest absolute Gasteiger partial charge is 0.223 e. The average Bonchev–Trinajstić information content (AvgIpc) is 3.15. The monoisotopic (exact) mass is 376 g/mol. The molecule has 0 unspecified atom stereocenters. The first-order valence-corrected chi connectivity index (χ1v) is 9.59. The van der Waals surface area contributed by atoms with Gasteiger partial charge in [0, 0.05) is 58.8 Å². The zero-order chi connectivity index (χ0) is 19.1. The molecule has 3 heterocycles. The molecule has 1 saturated carbocycles. The van der Waals surface area contributed by atoms with Gasteiger partial charge in [-0.2, -0.15) is 0 Å². The van der Waals surface area contributed by atoms with Crippen LogP contribution in [0.5, 0.6) is 0 Å². The van der Waals surface area contributed by atoms with Crippen molar-refractivity contribution < 1.29 is 4.39 Å². The topological polar surface area (TPSA) is 92.5 Å². The van der Waals surface area contributed by atoms with Crippen LogP contribution >= 0.6 is 0 Å². The van der Waals surface area contributed by atoms with Crippen LogP contribution in [0.25, 0.3) is 32.9 Å². The lowest BCUT2D eigenvalue weighted by Crippen LogP contribution is -2.42. The molecule has 3 aromatic heterocycles. The average molecular weight is 376 g/mol. The molecule has 7 heteroatoms. The summed E-state index contributed by atoms with van der Waals surface area (Å²) >= 11 is 0. The number of rotatable bonds is 3. The number of pyridine rings is 1. The van der Waals surface area contributed by atoms with E-state index in [-0.39, 0.29) is 17.9 Å². The Morgan fingerprint density at radius 2 is 2.00 bits per heavy atom. The van der Waals surface area contributed by atoms with Crippen LogP contribution in [-0.4, -0.2) is 32.0 Å². The minimum atomic E-state index is -0.278. The second kappa shape index (κ2) is 6.83. The van der Waals surface area contributed by atoms with Gasteiger partial charge in [0.05, 0.1) is 11.0 Å². The molecular formula is C21H21FN6. The number of benzene rings is 1. The summed E-state index contributed by atoms with van der Waals surface area (Å²) in [7, 11) is 0. The molecule has 0 amide bonds. The zero-order valence-electron chi connectivity index (χ0n) is 15.3. The van der Waals surface area contributed by atoms with E-state index in [1.165, 1.54) is 12.5 Å². The number of halogens is 1. The Labute approximate surface area is 161 Å². The van der Waals surface area contributed by atoms with E-state index in [2.05, 4.69) is 20.3 Å². The van der Waals surface area contributed by atoms with Crippen LogP contribution < -0.4 is 11.1 Å². The highest BCUT2D eigenvalue weighted by Crippen LogP contribution is 2.33. The summed E-state index contributed by atoms with van der Waals surface area (Å²) in [6.45, 7) is 0. The van der Waals surface area contributed by atoms with Crippen LogP contribution in [0, 0.1) is 5.82 Å². The van der Waals surface area contributed by atoms with E-state index >= 15 is 0 Å². The second-order valence-electron chi connectivity index (χ2n) is 7.38. The summed E-state index contributed by atoms with van der Waals surface area (Å²) in [5.41, 5.74) is 9.22. The van der Waals surface area contributed by atoms with Crippen LogP contribution in [0.3, 0.4) is 0 Å². The number of hydrogen-bond donors (Lipinski definition) is 3. The number of H-pyrrole nitrogens is 1. The van der Waals surface area contributed by atoms with Crippen LogP contribution in [0.4, 0.5) is 10.3 Å². The van der Waals surface area contributed by atoms with Gasteiger partial charge in [0.1, 0.15) is 5.82 Å². The molecule has 2 atom stereocenters. The molecule has 1 aromatic carbocycles. The molecule has 1 fully saturated rings. The van der Waals surface area contributed by atoms with Crippen molar-refractivity contribution >= 4 is 27.8 Å². The highest BCUT2D eigenvalue weighted by molar-refractivity contribution is 6.03. The molecule has 6 nitrogen and oxygen atoms in total. The first-order valence-electron chi connectivity index (χ1n) is 9.59. The summed E-state index contributed by atoms with van der Waals surface area (Å²) in [6.07, 6.45) is 11.4. The SMILES string of the molecule is N[C@@H]1CCCC[C@@H]1Nc1ncc2cncc(-c3c[nH]c4c(F)cccc34)c2n1. The van der Waals surface area contributed by atoms with E-state index in [1.807, 2.05) is 6.07 Å². The Morgan fingerprint density at radius 3 is 2.89 bits per heavy atom. The standard InChI is InChI=1S/C21H21FN6/c22-16-5-3-4-13-14(11-25-20(13)16)15-10-24-8-12-9-26-21(28-19(12)15)27-18-7-2-1-6-17(18)23/h3-5,8-11,17-18,25H,1-2,6-7,23H2,(H,26,27,28)/t17-,18+/m1/s1. The number of nitrogens with zero attached hydrogens (tertiary/aromatic N) is 3. The number of nitrogens with two attached hydrogens (primary N) is 1. The van der Waals surface area contributed by atoms with Gasteiger partial charge in [-0.25, -0.2) is 14.4 Å². The largest absolute Gasteiger partial charge is 0.358 e. The second-order valence-corrected chi connectivity index (χ2v) is 7.38. The zero-order valence-corrected chi connectivity index (χ0v) is 15.3. The van der Waals surface area contributed by atoms with E-state index in [1.54, 1.807) is 30.9 Å². The number of fused-ring (bicyclic) bond motifs is 2. The first-order chi connectivity index (χ1) is 13.7. The van der Waals surface area contributed by atoms with E-state index < -0.39 is 0 Å². The minimum Gasteiger partial charge on any atom is -0.358 e. The van der Waals surface area contributed by atoms with Crippen molar-refractivity contribution in [1.29, 1.82) is 0 Å². The fraction of sp³-hybridized carbons (Fsp3) is 0.286. The number of hydrogen-bond acceptors (Lipinski definition) is 5. The van der Waals surface area contributed by atoms with E-state index in [4.69, 9.17) is 10.7 Å². The fourth-order valence-corrected chi connectivity index (χ4v) is 4.07. The third-order valence-corrected chi connectivity index (χ3v) is 5.58. The van der Waals surface area contributed by atoms with Crippen molar-refractivity contribution in [3.8, 4) is 11.1 Å². The molecular weight excluding hydrogens is 355 g/mol. The summed E-state index contributed by atoms with van der Waals surface area (Å²) < 4.78 is 14.1. The Balaban J connectivity index is 1.60. The van der Waals surface area contributed by atoms with Crippen molar-refractivity contribution in [3.63, 3.8) is 0 Å². The predicted octanol–water partition coefficient (Wildman–Crippen LogP) is 3.99. The lowest BCUT2D eigenvalue weighted by Gasteiger charge is -2.29. The molecule has 5 rings (SSSR count). The number of aromatic amines is 1. The molecule has 1 aliphatic rings. The van der Waals surface area contributed by atoms with Crippen LogP contribution in [0.1, 0.15) is 25.7 Å². The third-order valence-electron chi connectivity index (χ3n) is 5.58. The van der Waals surface area contributed by atoms with Crippen LogP contribution in [0.2, 0.25) is 0 Å². The van der Waals surface area contributed by atoms with Crippen molar-refractivity contribution in [3.05, 3.63) is 48.8 Å². The van der Waals surface area contributed by atoms with Crippen molar-refractivity contribution in [2.45, 2.75) is 37.8 Å². The minimum absolute atomic E-state index is 0.113. The van der Waals surface area contributed by atoms with Crippen LogP contribution in [0.15, 0.2) is 43.0 Å². The van der Waals surface area contributed by atoms with Crippen molar-refractivity contribution in [2.75, 3.05) is 5.32 Å². The van der Waals surface area contributed by atoms with Gasteiger partial charge in [-0.15, -0.1) is 0 Å². The highest BCUT2D eigenvalue weighted by Gasteiger charge is 2.22. The molecule has 4 aromatic rings. The van der Waals surface area contributed by atoms with Gasteiger partial charge < -0.3 is 16.0 Å². The Morgan fingerprint density at radius 1 is 1.11 bits per heavy atom. The molecule has 1 aliphatic carbocycles. The summed E-state index contributed by atoms with van der Waals surface area (Å²) in [5.74, 6) is 0.286. The van der Waals surface area contributed by atoms with Gasteiger partial charge in [-0.3, -0.25) is 4.98 Å². The number of nitrogens with one attached hydrogen (secondary N) is 2. The molecule has 0 radical (unpaired) electrons. The van der Waals surface area contributed by atoms with Gasteiger partial charge >= 0.3 is 0 Å². The molecule has 0 bridgehead atoms. The van der Waals surface area contributed by atoms with Crippen molar-refractivity contribution in [1.82, 2.24) is 19.9 Å². The van der Waals surface area contributed by atoms with Gasteiger partial charge in [-0.1, -0.05) is 25.0 Å².